The smallest absolute Gasteiger partial charge is 0.231 e. The van der Waals surface area contributed by atoms with Crippen LogP contribution in [0.25, 0.3) is 5.69 Å². The van der Waals surface area contributed by atoms with Crippen molar-refractivity contribution in [3.8, 4) is 17.2 Å². The first kappa shape index (κ1) is 18.7. The molecule has 3 aliphatic heterocycles. The van der Waals surface area contributed by atoms with Gasteiger partial charge in [-0.1, -0.05) is 18.5 Å². The average molecular weight is 473 g/mol. The van der Waals surface area contributed by atoms with E-state index in [0.717, 1.165) is 18.4 Å². The zero-order valence-electron chi connectivity index (χ0n) is 20.4. The second-order valence-electron chi connectivity index (χ2n) is 9.80. The third-order valence-electron chi connectivity index (χ3n) is 7.21. The number of rotatable bonds is 4. The summed E-state index contributed by atoms with van der Waals surface area (Å²) in [6.45, 7) is 1.95. The van der Waals surface area contributed by atoms with Gasteiger partial charge in [-0.15, -0.1) is 0 Å². The van der Waals surface area contributed by atoms with Gasteiger partial charge in [-0.25, -0.2) is 4.99 Å². The maximum Gasteiger partial charge on any atom is 0.231 e. The fourth-order valence-electron chi connectivity index (χ4n) is 4.87. The summed E-state index contributed by atoms with van der Waals surface area (Å²) in [5.74, 6) is 1.53. The number of likely N-dealkylation sites (tertiary alicyclic amines) is 1. The van der Waals surface area contributed by atoms with Gasteiger partial charge in [0.15, 0.2) is 11.5 Å². The monoisotopic (exact) mass is 472 g/mol. The van der Waals surface area contributed by atoms with E-state index in [4.69, 9.17) is 23.8 Å². The lowest BCUT2D eigenvalue weighted by Crippen LogP contribution is -2.53. The summed E-state index contributed by atoms with van der Waals surface area (Å²) in [4.78, 5) is 21.1. The van der Waals surface area contributed by atoms with Crippen molar-refractivity contribution in [1.82, 2.24) is 14.4 Å². The average Bonchev–Trinajstić information content (AvgIpc) is 3.34. The number of aliphatic hydroxyl groups is 1. The number of hydrogen-bond acceptors (Lipinski definition) is 6. The van der Waals surface area contributed by atoms with Gasteiger partial charge in [0, 0.05) is 43.2 Å². The largest absolute Gasteiger partial charge is 0.454 e. The van der Waals surface area contributed by atoms with E-state index in [2.05, 4.69) is 4.99 Å². The topological polar surface area (TPSA) is 79.5 Å². The van der Waals surface area contributed by atoms with E-state index in [1.165, 1.54) is 0 Å². The van der Waals surface area contributed by atoms with E-state index < -0.39 is 12.3 Å². The molecule has 0 bridgehead atoms. The van der Waals surface area contributed by atoms with Crippen LogP contribution in [0, 0.1) is 5.41 Å². The molecule has 1 saturated carbocycles. The molecule has 0 radical (unpaired) electrons. The number of ether oxygens (including phenoxy) is 2. The maximum absolute atomic E-state index is 12.6. The fraction of sp³-hybridized carbons (Fsp3) is 0.500. The minimum absolute atomic E-state index is 0.179. The van der Waals surface area contributed by atoms with E-state index in [-0.39, 0.29) is 11.3 Å². The number of carbonyl (C=O) groups is 1. The highest BCUT2D eigenvalue weighted by Crippen LogP contribution is 2.47. The first-order chi connectivity index (χ1) is 16.5. The SMILES string of the molecule is [2H]C1([2H])Oc2ccc(-n3c(Cl)cc4c3N=CN(CC3(O)CCN(C(=O)C5(C)CC5)CC3)C4)cc2O1. The number of carbonyl (C=O) groups excluding carboxylic acids is 1. The molecule has 1 aromatic heterocycles. The molecule has 33 heavy (non-hydrogen) atoms. The van der Waals surface area contributed by atoms with E-state index in [0.29, 0.717) is 67.2 Å². The summed E-state index contributed by atoms with van der Waals surface area (Å²) < 4.78 is 27.4. The summed E-state index contributed by atoms with van der Waals surface area (Å²) >= 11 is 6.57. The number of nitrogens with zero attached hydrogens (tertiary/aromatic N) is 4. The number of aliphatic imine (C=N–C) groups is 1. The van der Waals surface area contributed by atoms with Crippen LogP contribution in [-0.4, -0.2) is 63.7 Å². The first-order valence-electron chi connectivity index (χ1n) is 12.3. The van der Waals surface area contributed by atoms with E-state index in [9.17, 15) is 9.90 Å². The molecule has 1 aliphatic carbocycles. The third-order valence-corrected chi connectivity index (χ3v) is 7.48. The summed E-state index contributed by atoms with van der Waals surface area (Å²) in [6.07, 6.45) is 4.73. The van der Waals surface area contributed by atoms with Crippen LogP contribution in [0.4, 0.5) is 5.82 Å². The molecule has 2 fully saturated rings. The van der Waals surface area contributed by atoms with Crippen molar-refractivity contribution < 1.29 is 22.1 Å². The predicted molar refractivity (Wildman–Crippen MR) is 124 cm³/mol. The van der Waals surface area contributed by atoms with Crippen LogP contribution in [0.2, 0.25) is 5.15 Å². The molecule has 1 saturated heterocycles. The number of halogens is 1. The number of amides is 1. The number of piperidine rings is 1. The lowest BCUT2D eigenvalue weighted by Gasteiger charge is -2.41. The Morgan fingerprint density at radius 3 is 2.73 bits per heavy atom. The van der Waals surface area contributed by atoms with Gasteiger partial charge in [0.2, 0.25) is 12.7 Å². The maximum atomic E-state index is 12.6. The quantitative estimate of drug-likeness (QED) is 0.736. The number of benzene rings is 1. The molecule has 1 amide bonds. The number of hydrogen-bond donors (Lipinski definition) is 1. The van der Waals surface area contributed by atoms with Crippen LogP contribution in [0.3, 0.4) is 0 Å². The zero-order chi connectivity index (χ0) is 24.6. The molecule has 1 N–H and O–H groups in total. The second kappa shape index (κ2) is 7.40. The normalized spacial score (nSPS) is 24.2. The van der Waals surface area contributed by atoms with Crippen molar-refractivity contribution in [3.05, 3.63) is 35.0 Å². The third kappa shape index (κ3) is 3.65. The van der Waals surface area contributed by atoms with Crippen LogP contribution in [0.5, 0.6) is 11.5 Å². The highest BCUT2D eigenvalue weighted by molar-refractivity contribution is 6.30. The van der Waals surface area contributed by atoms with E-state index in [1.54, 1.807) is 29.1 Å². The number of β-amino-alcohol motifs (C(OH)–C–C–N with tert-alkyl or cyclic N) is 1. The van der Waals surface area contributed by atoms with Gasteiger partial charge in [-0.2, -0.15) is 0 Å². The van der Waals surface area contributed by atoms with Crippen molar-refractivity contribution >= 4 is 29.7 Å². The highest BCUT2D eigenvalue weighted by atomic mass is 35.5. The van der Waals surface area contributed by atoms with Gasteiger partial charge < -0.3 is 24.4 Å². The highest BCUT2D eigenvalue weighted by Gasteiger charge is 2.48. The molecule has 0 unspecified atom stereocenters. The molecule has 1 aromatic carbocycles. The molecule has 4 aliphatic rings. The lowest BCUT2D eigenvalue weighted by atomic mass is 9.90. The molecule has 0 atom stereocenters. The van der Waals surface area contributed by atoms with Gasteiger partial charge in [-0.05, 0) is 43.9 Å². The Labute approximate surface area is 200 Å². The molecule has 174 valence electrons. The van der Waals surface area contributed by atoms with Gasteiger partial charge in [0.1, 0.15) is 13.7 Å². The van der Waals surface area contributed by atoms with Crippen molar-refractivity contribution in [3.63, 3.8) is 0 Å². The number of fused-ring (bicyclic) bond motifs is 2. The molecular formula is C24H27ClN4O4. The van der Waals surface area contributed by atoms with Crippen LogP contribution >= 0.6 is 11.6 Å². The molecule has 8 nitrogen and oxygen atoms in total. The Hall–Kier alpha value is -2.71. The Bertz CT molecular complexity index is 1230. The summed E-state index contributed by atoms with van der Waals surface area (Å²) in [5.41, 5.74) is 0.541. The Morgan fingerprint density at radius 1 is 1.21 bits per heavy atom. The van der Waals surface area contributed by atoms with Crippen LogP contribution in [-0.2, 0) is 11.3 Å². The minimum atomic E-state index is -2.20. The Kier molecular flexibility index (Phi) is 4.19. The van der Waals surface area contributed by atoms with Crippen molar-refractivity contribution in [2.24, 2.45) is 10.4 Å². The fourth-order valence-corrected chi connectivity index (χ4v) is 5.18. The standard InChI is InChI=1S/C24H27ClN4O4/c1-23(4-5-23)22(30)28-8-6-24(31,7-9-28)13-27-12-16-10-20(25)29(21(16)26-14-27)17-2-3-18-19(11-17)33-15-32-18/h2-3,10-11,14,31H,4-9,12-13,15H2,1H3/i15D2. The zero-order valence-corrected chi connectivity index (χ0v) is 19.1. The van der Waals surface area contributed by atoms with Crippen LogP contribution in [0.1, 0.15) is 40.9 Å². The number of aromatic nitrogens is 1. The van der Waals surface area contributed by atoms with Gasteiger partial charge in [-0.3, -0.25) is 9.36 Å². The van der Waals surface area contributed by atoms with E-state index in [1.807, 2.05) is 22.8 Å². The lowest BCUT2D eigenvalue weighted by molar-refractivity contribution is -0.141. The van der Waals surface area contributed by atoms with E-state index >= 15 is 0 Å². The molecule has 0 spiro atoms. The summed E-state index contributed by atoms with van der Waals surface area (Å²) in [6, 6.07) is 6.95. The molecular weight excluding hydrogens is 444 g/mol. The Balaban J connectivity index is 1.15. The minimum Gasteiger partial charge on any atom is -0.454 e. The van der Waals surface area contributed by atoms with Crippen molar-refractivity contribution in [2.45, 2.75) is 44.8 Å². The second-order valence-corrected chi connectivity index (χ2v) is 10.2. The van der Waals surface area contributed by atoms with Crippen LogP contribution in [0.15, 0.2) is 29.3 Å². The van der Waals surface area contributed by atoms with Crippen molar-refractivity contribution in [1.29, 1.82) is 0 Å². The predicted octanol–water partition coefficient (Wildman–Crippen LogP) is 3.49. The first-order valence-corrected chi connectivity index (χ1v) is 11.6. The molecule has 4 heterocycles. The van der Waals surface area contributed by atoms with Crippen LogP contribution < -0.4 is 9.47 Å². The van der Waals surface area contributed by atoms with Gasteiger partial charge >= 0.3 is 0 Å². The molecule has 9 heteroatoms. The summed E-state index contributed by atoms with van der Waals surface area (Å²) in [5, 5.41) is 11.7. The summed E-state index contributed by atoms with van der Waals surface area (Å²) in [7, 11) is 0. The molecule has 2 aromatic rings. The Morgan fingerprint density at radius 2 is 1.97 bits per heavy atom. The van der Waals surface area contributed by atoms with Gasteiger partial charge in [0.25, 0.3) is 0 Å². The molecule has 6 rings (SSSR count). The van der Waals surface area contributed by atoms with Gasteiger partial charge in [0.05, 0.1) is 17.6 Å². The van der Waals surface area contributed by atoms with Crippen molar-refractivity contribution in [2.75, 3.05) is 26.4 Å².